The number of alkyl halides is 1. The summed E-state index contributed by atoms with van der Waals surface area (Å²) in [6.45, 7) is 2.36. The predicted octanol–water partition coefficient (Wildman–Crippen LogP) is 1.22. The molecule has 2 aliphatic rings. The van der Waals surface area contributed by atoms with Crippen LogP contribution in [-0.2, 0) is 41.4 Å². The van der Waals surface area contributed by atoms with E-state index in [-0.39, 0.29) is 35.8 Å². The van der Waals surface area contributed by atoms with Crippen molar-refractivity contribution in [2.24, 2.45) is 0 Å². The minimum atomic E-state index is -5.03. The molecule has 0 amide bonds. The van der Waals surface area contributed by atoms with E-state index in [1.165, 1.54) is 25.7 Å². The molecule has 23 heteroatoms. The van der Waals surface area contributed by atoms with E-state index in [9.17, 15) is 23.7 Å². The van der Waals surface area contributed by atoms with E-state index in [4.69, 9.17) is 43.8 Å². The number of halogens is 1. The van der Waals surface area contributed by atoms with Crippen molar-refractivity contribution >= 4 is 38.4 Å². The third-order valence-corrected chi connectivity index (χ3v) is 9.39. The average molecular weight is 709 g/mol. The molecule has 0 saturated carbocycles. The fraction of sp³-hybridized carbons (Fsp3) is 0.625. The first kappa shape index (κ1) is 35.4. The molecule has 3 aromatic heterocycles. The Morgan fingerprint density at radius 2 is 1.68 bits per heavy atom. The highest BCUT2D eigenvalue weighted by Crippen LogP contribution is 2.52. The van der Waals surface area contributed by atoms with Crippen molar-refractivity contribution in [3.8, 4) is 0 Å². The number of ether oxygens (including phenoxy) is 3. The standard InChI is InChI=1S/C24H35FN8O12P2/c1-4-8-40-46(35,36)44-17-13(43-22(15(17)25)33-11-30-16-20(27)28-10-29-21(16)33)9-41-47(37,38)45-18-12(5-2)42-23(19(18)39-3)32-7-6-14(26)31-24(32)34/h6-7,10-13,15,17-19,22-23H,4-5,8-9H2,1-3H3,(H,35,36)(H,37,38)(H2,26,31,34)(H2,27,28,29)/t12-,13-,15+,17?,18?,19?,22-,23-/m1/s1. The number of hydrogen-bond acceptors (Lipinski definition) is 16. The topological polar surface area (TPSA) is 270 Å². The predicted molar refractivity (Wildman–Crippen MR) is 158 cm³/mol. The number of phosphoric acid groups is 2. The molecule has 5 rings (SSSR count). The van der Waals surface area contributed by atoms with Gasteiger partial charge in [0, 0.05) is 13.3 Å². The van der Waals surface area contributed by atoms with Gasteiger partial charge < -0.3 is 35.5 Å². The molecule has 10 atom stereocenters. The summed E-state index contributed by atoms with van der Waals surface area (Å²) in [6.07, 6.45) is -7.17. The van der Waals surface area contributed by atoms with Crippen molar-refractivity contribution in [1.82, 2.24) is 29.1 Å². The molecule has 2 fully saturated rings. The number of nitrogens with two attached hydrogens (primary N) is 2. The quantitative estimate of drug-likeness (QED) is 0.171. The van der Waals surface area contributed by atoms with E-state index in [0.29, 0.717) is 6.42 Å². The molecule has 260 valence electrons. The molecular weight excluding hydrogens is 673 g/mol. The lowest BCUT2D eigenvalue weighted by Crippen LogP contribution is -2.38. The van der Waals surface area contributed by atoms with Crippen LogP contribution in [0, 0.1) is 0 Å². The first-order valence-corrected chi connectivity index (χ1v) is 17.3. The zero-order valence-electron chi connectivity index (χ0n) is 25.3. The van der Waals surface area contributed by atoms with Crippen molar-refractivity contribution in [2.45, 2.75) is 75.8 Å². The van der Waals surface area contributed by atoms with Gasteiger partial charge in [0.2, 0.25) is 0 Å². The number of phosphoric ester groups is 2. The normalized spacial score (nSPS) is 30.4. The Labute approximate surface area is 266 Å². The van der Waals surface area contributed by atoms with Crippen LogP contribution in [0.15, 0.2) is 29.7 Å². The zero-order chi connectivity index (χ0) is 34.1. The van der Waals surface area contributed by atoms with Crippen LogP contribution >= 0.6 is 15.6 Å². The lowest BCUT2D eigenvalue weighted by molar-refractivity contribution is -0.0573. The highest BCUT2D eigenvalue weighted by Gasteiger charge is 2.53. The molecule has 0 aromatic carbocycles. The third kappa shape index (κ3) is 7.55. The third-order valence-electron chi connectivity index (χ3n) is 7.38. The van der Waals surface area contributed by atoms with Gasteiger partial charge in [-0.1, -0.05) is 13.8 Å². The molecule has 47 heavy (non-hydrogen) atoms. The van der Waals surface area contributed by atoms with Gasteiger partial charge in [-0.15, -0.1) is 0 Å². The van der Waals surface area contributed by atoms with Gasteiger partial charge in [0.1, 0.15) is 42.1 Å². The van der Waals surface area contributed by atoms with Crippen LogP contribution in [0.1, 0.15) is 39.1 Å². The Kier molecular flexibility index (Phi) is 10.7. The summed E-state index contributed by atoms with van der Waals surface area (Å²) in [4.78, 5) is 49.1. The largest absolute Gasteiger partial charge is 0.472 e. The van der Waals surface area contributed by atoms with Crippen LogP contribution in [0.4, 0.5) is 16.0 Å². The number of methoxy groups -OCH3 is 1. The lowest BCUT2D eigenvalue weighted by atomic mass is 10.1. The second-order valence-corrected chi connectivity index (χ2v) is 13.3. The molecule has 0 aliphatic carbocycles. The van der Waals surface area contributed by atoms with E-state index in [0.717, 1.165) is 15.5 Å². The van der Waals surface area contributed by atoms with E-state index < -0.39 is 77.1 Å². The summed E-state index contributed by atoms with van der Waals surface area (Å²) in [5.74, 6) is -0.00923. The van der Waals surface area contributed by atoms with Crippen molar-refractivity contribution < 1.29 is 55.6 Å². The highest BCUT2D eigenvalue weighted by atomic mass is 31.2. The van der Waals surface area contributed by atoms with Gasteiger partial charge in [-0.25, -0.2) is 33.3 Å². The summed E-state index contributed by atoms with van der Waals surface area (Å²) in [7, 11) is -8.58. The molecule has 3 aromatic rings. The van der Waals surface area contributed by atoms with Crippen molar-refractivity contribution in [3.05, 3.63) is 35.4 Å². The Morgan fingerprint density at radius 1 is 0.979 bits per heavy atom. The number of nitrogen functional groups attached to an aromatic ring is 2. The second-order valence-electron chi connectivity index (χ2n) is 10.5. The molecule has 5 unspecified atom stereocenters. The summed E-state index contributed by atoms with van der Waals surface area (Å²) in [5, 5.41) is 0. The van der Waals surface area contributed by atoms with Crippen molar-refractivity contribution in [3.63, 3.8) is 0 Å². The van der Waals surface area contributed by atoms with Crippen LogP contribution < -0.4 is 17.2 Å². The first-order valence-electron chi connectivity index (χ1n) is 14.4. The smallest absolute Gasteiger partial charge is 0.383 e. The van der Waals surface area contributed by atoms with Crippen LogP contribution in [0.5, 0.6) is 0 Å². The molecule has 20 nitrogen and oxygen atoms in total. The monoisotopic (exact) mass is 708 g/mol. The highest BCUT2D eigenvalue weighted by molar-refractivity contribution is 7.47. The molecule has 0 bridgehead atoms. The molecule has 6 N–H and O–H groups in total. The van der Waals surface area contributed by atoms with Crippen molar-refractivity contribution in [1.29, 1.82) is 0 Å². The molecule has 2 saturated heterocycles. The van der Waals surface area contributed by atoms with E-state index >= 15 is 4.39 Å². The summed E-state index contributed by atoms with van der Waals surface area (Å²) in [5.41, 5.74) is 10.9. The van der Waals surface area contributed by atoms with E-state index in [1.807, 2.05) is 0 Å². The zero-order valence-corrected chi connectivity index (χ0v) is 27.1. The van der Waals surface area contributed by atoms with E-state index in [2.05, 4.69) is 19.9 Å². The summed E-state index contributed by atoms with van der Waals surface area (Å²) < 4.78 is 82.1. The minimum absolute atomic E-state index is 0.0106. The minimum Gasteiger partial charge on any atom is -0.383 e. The lowest BCUT2D eigenvalue weighted by Gasteiger charge is -2.26. The summed E-state index contributed by atoms with van der Waals surface area (Å²) >= 11 is 0. The Balaban J connectivity index is 1.36. The number of fused-ring (bicyclic) bond motifs is 1. The molecular formula is C24H35FN8O12P2. The average Bonchev–Trinajstić information content (AvgIpc) is 3.69. The number of rotatable bonds is 14. The second kappa shape index (κ2) is 14.3. The maximum absolute atomic E-state index is 16.0. The van der Waals surface area contributed by atoms with Gasteiger partial charge in [0.25, 0.3) is 0 Å². The molecule has 5 heterocycles. The van der Waals surface area contributed by atoms with Crippen LogP contribution in [0.25, 0.3) is 11.2 Å². The van der Waals surface area contributed by atoms with Gasteiger partial charge in [-0.05, 0) is 18.9 Å². The maximum Gasteiger partial charge on any atom is 0.472 e. The maximum atomic E-state index is 16.0. The molecule has 2 aliphatic heterocycles. The van der Waals surface area contributed by atoms with Crippen LogP contribution in [0.2, 0.25) is 0 Å². The molecule has 0 spiro atoms. The SMILES string of the molecule is CCCOP(=O)(O)OC1[C@@H](COP(=O)(O)OC2C(OC)[C@H](n3ccc(N)nc3=O)O[C@@H]2CC)O[C@@H](n2cnc3c(N)ncnc32)[C@H]1F. The number of hydrogen-bond donors (Lipinski definition) is 4. The Morgan fingerprint density at radius 3 is 2.36 bits per heavy atom. The van der Waals surface area contributed by atoms with Crippen LogP contribution in [-0.4, -0.2) is 95.9 Å². The van der Waals surface area contributed by atoms with Gasteiger partial charge in [0.15, 0.2) is 30.1 Å². The number of anilines is 2. The first-order chi connectivity index (χ1) is 22.3. The fourth-order valence-electron chi connectivity index (χ4n) is 5.24. The fourth-order valence-corrected chi connectivity index (χ4v) is 7.23. The Bertz CT molecular complexity index is 1720. The number of aromatic nitrogens is 6. The Hall–Kier alpha value is -2.94. The molecule has 0 radical (unpaired) electrons. The van der Waals surface area contributed by atoms with Crippen LogP contribution in [0.3, 0.4) is 0 Å². The summed E-state index contributed by atoms with van der Waals surface area (Å²) in [6, 6.07) is 1.37. The van der Waals surface area contributed by atoms with Gasteiger partial charge >= 0.3 is 21.3 Å². The van der Waals surface area contributed by atoms with Gasteiger partial charge in [-0.2, -0.15) is 4.98 Å². The number of nitrogens with zero attached hydrogens (tertiary/aromatic N) is 6. The van der Waals surface area contributed by atoms with Gasteiger partial charge in [-0.3, -0.25) is 27.2 Å². The van der Waals surface area contributed by atoms with Gasteiger partial charge in [0.05, 0.1) is 25.6 Å². The van der Waals surface area contributed by atoms with Crippen molar-refractivity contribution in [2.75, 3.05) is 31.8 Å². The number of imidazole rings is 1. The van der Waals surface area contributed by atoms with E-state index in [1.54, 1.807) is 13.8 Å².